The molecule has 3 N–H and O–H groups in total. The third kappa shape index (κ3) is 2.62. The Hall–Kier alpha value is -2.54. The van der Waals surface area contributed by atoms with Gasteiger partial charge in [0.1, 0.15) is 11.5 Å². The lowest BCUT2D eigenvalue weighted by atomic mass is 10.3. The molecule has 0 amide bonds. The molecule has 0 fully saturated rings. The number of hydrogen-bond acceptors (Lipinski definition) is 5. The third-order valence-electron chi connectivity index (χ3n) is 3.77. The van der Waals surface area contributed by atoms with Crippen molar-refractivity contribution in [3.8, 4) is 5.69 Å². The third-order valence-corrected chi connectivity index (χ3v) is 3.77. The number of benzene rings is 1. The van der Waals surface area contributed by atoms with Crippen molar-refractivity contribution in [3.05, 3.63) is 46.4 Å². The summed E-state index contributed by atoms with van der Waals surface area (Å²) in [4.78, 5) is 17.0. The van der Waals surface area contributed by atoms with Crippen LogP contribution in [0.4, 0.5) is 5.69 Å². The molecule has 22 heavy (non-hydrogen) atoms. The van der Waals surface area contributed by atoms with Crippen LogP contribution in [0.25, 0.3) is 5.69 Å². The molecule has 1 aromatic heterocycles. The predicted molar refractivity (Wildman–Crippen MR) is 87.7 cm³/mol. The Kier molecular flexibility index (Phi) is 3.97. The molecule has 0 spiro atoms. The lowest BCUT2D eigenvalue weighted by Gasteiger charge is -2.15. The van der Waals surface area contributed by atoms with Crippen molar-refractivity contribution in [2.45, 2.75) is 6.92 Å². The molecule has 1 aromatic carbocycles. The van der Waals surface area contributed by atoms with E-state index in [1.807, 2.05) is 49.0 Å². The molecule has 0 saturated heterocycles. The van der Waals surface area contributed by atoms with Crippen LogP contribution in [-0.4, -0.2) is 34.8 Å². The number of nitrogens with zero attached hydrogens (tertiary/aromatic N) is 3. The van der Waals surface area contributed by atoms with Crippen molar-refractivity contribution in [1.82, 2.24) is 20.1 Å². The van der Waals surface area contributed by atoms with Crippen molar-refractivity contribution in [2.75, 3.05) is 25.1 Å². The van der Waals surface area contributed by atoms with Crippen LogP contribution in [0, 0.1) is 6.92 Å². The fourth-order valence-corrected chi connectivity index (χ4v) is 2.46. The summed E-state index contributed by atoms with van der Waals surface area (Å²) in [6.45, 7) is 4.21. The first kappa shape index (κ1) is 14.4. The number of anilines is 1. The van der Waals surface area contributed by atoms with E-state index in [4.69, 9.17) is 0 Å². The molecule has 0 unspecified atom stereocenters. The molecule has 0 bridgehead atoms. The molecule has 0 saturated carbocycles. The number of amidine groups is 1. The van der Waals surface area contributed by atoms with Gasteiger partial charge in [-0.15, -0.1) is 0 Å². The molecule has 1 aliphatic heterocycles. The summed E-state index contributed by atoms with van der Waals surface area (Å²) in [6, 6.07) is 9.58. The highest BCUT2D eigenvalue weighted by Gasteiger charge is 2.16. The number of aromatic nitrogens is 2. The van der Waals surface area contributed by atoms with Gasteiger partial charge >= 0.3 is 0 Å². The van der Waals surface area contributed by atoms with E-state index in [2.05, 4.69) is 21.2 Å². The summed E-state index contributed by atoms with van der Waals surface area (Å²) in [7, 11) is 1.87. The van der Waals surface area contributed by atoms with Gasteiger partial charge in [-0.1, -0.05) is 18.2 Å². The van der Waals surface area contributed by atoms with Crippen molar-refractivity contribution in [2.24, 2.45) is 12.0 Å². The zero-order valence-corrected chi connectivity index (χ0v) is 12.8. The summed E-state index contributed by atoms with van der Waals surface area (Å²) < 4.78 is 3.48. The zero-order valence-electron chi connectivity index (χ0n) is 12.8. The van der Waals surface area contributed by atoms with Gasteiger partial charge in [0, 0.05) is 13.6 Å². The average molecular weight is 300 g/mol. The number of para-hydroxylation sites is 1. The molecule has 7 nitrogen and oxygen atoms in total. The molecule has 0 radical (unpaired) electrons. The summed E-state index contributed by atoms with van der Waals surface area (Å²) in [5.41, 5.74) is 8.15. The molecule has 7 heteroatoms. The molecular weight excluding hydrogens is 280 g/mol. The molecule has 0 atom stereocenters. The van der Waals surface area contributed by atoms with E-state index in [-0.39, 0.29) is 5.56 Å². The smallest absolute Gasteiger partial charge is 0.296 e. The maximum absolute atomic E-state index is 12.7. The van der Waals surface area contributed by atoms with Gasteiger partial charge in [-0.25, -0.2) is 4.68 Å². The molecule has 2 heterocycles. The van der Waals surface area contributed by atoms with E-state index in [9.17, 15) is 4.79 Å². The second-order valence-corrected chi connectivity index (χ2v) is 5.19. The van der Waals surface area contributed by atoms with E-state index in [0.717, 1.165) is 30.3 Å². The van der Waals surface area contributed by atoms with E-state index in [0.29, 0.717) is 12.2 Å². The van der Waals surface area contributed by atoms with Crippen LogP contribution in [0.1, 0.15) is 5.69 Å². The van der Waals surface area contributed by atoms with Gasteiger partial charge in [-0.2, -0.15) is 0 Å². The standard InChI is InChI=1S/C15H20N6O/c1-11-14(19-18-13-10-16-8-9-17-13)15(22)21(20(11)2)12-6-4-3-5-7-12/h3-7,16,19H,8-10H2,1-2H3,(H,17,18). The number of hydrazine groups is 1. The van der Waals surface area contributed by atoms with Crippen LogP contribution in [0.2, 0.25) is 0 Å². The molecule has 1 aliphatic rings. The summed E-state index contributed by atoms with van der Waals surface area (Å²) in [6.07, 6.45) is 0. The summed E-state index contributed by atoms with van der Waals surface area (Å²) in [5, 5.41) is 3.22. The molecule has 0 aliphatic carbocycles. The first-order chi connectivity index (χ1) is 10.7. The fraction of sp³-hybridized carbons (Fsp3) is 0.333. The van der Waals surface area contributed by atoms with E-state index < -0.39 is 0 Å². The van der Waals surface area contributed by atoms with Gasteiger partial charge < -0.3 is 5.32 Å². The minimum Gasteiger partial charge on any atom is -0.308 e. The maximum Gasteiger partial charge on any atom is 0.296 e. The summed E-state index contributed by atoms with van der Waals surface area (Å²) in [5.74, 6) is 0.806. The first-order valence-electron chi connectivity index (χ1n) is 7.28. The molecule has 2 aromatic rings. The zero-order chi connectivity index (χ0) is 15.5. The molecule has 3 rings (SSSR count). The Morgan fingerprint density at radius 2 is 2.00 bits per heavy atom. The Labute approximate surface area is 128 Å². The van der Waals surface area contributed by atoms with E-state index in [1.54, 1.807) is 4.68 Å². The van der Waals surface area contributed by atoms with Crippen LogP contribution >= 0.6 is 0 Å². The first-order valence-corrected chi connectivity index (χ1v) is 7.28. The Morgan fingerprint density at radius 3 is 2.68 bits per heavy atom. The van der Waals surface area contributed by atoms with Gasteiger partial charge in [-0.3, -0.25) is 25.3 Å². The van der Waals surface area contributed by atoms with E-state index in [1.165, 1.54) is 0 Å². The number of aliphatic imine (C=N–C) groups is 1. The van der Waals surface area contributed by atoms with Gasteiger partial charge in [0.2, 0.25) is 0 Å². The predicted octanol–water partition coefficient (Wildman–Crippen LogP) is 0.403. The van der Waals surface area contributed by atoms with Crippen LogP contribution in [0.3, 0.4) is 0 Å². The monoisotopic (exact) mass is 300 g/mol. The van der Waals surface area contributed by atoms with Crippen LogP contribution in [-0.2, 0) is 7.05 Å². The van der Waals surface area contributed by atoms with Crippen molar-refractivity contribution < 1.29 is 0 Å². The highest BCUT2D eigenvalue weighted by Crippen LogP contribution is 2.12. The number of nitrogens with one attached hydrogen (secondary N) is 3. The van der Waals surface area contributed by atoms with Gasteiger partial charge in [0.05, 0.1) is 24.5 Å². The highest BCUT2D eigenvalue weighted by atomic mass is 16.1. The topological polar surface area (TPSA) is 75.4 Å². The second-order valence-electron chi connectivity index (χ2n) is 5.19. The lowest BCUT2D eigenvalue weighted by molar-refractivity contribution is 0.630. The lowest BCUT2D eigenvalue weighted by Crippen LogP contribution is -2.42. The largest absolute Gasteiger partial charge is 0.308 e. The number of rotatable bonds is 3. The van der Waals surface area contributed by atoms with Gasteiger partial charge in [0.15, 0.2) is 0 Å². The summed E-state index contributed by atoms with van der Waals surface area (Å²) >= 11 is 0. The maximum atomic E-state index is 12.7. The second kappa shape index (κ2) is 6.07. The van der Waals surface area contributed by atoms with Gasteiger partial charge in [0.25, 0.3) is 5.56 Å². The fourth-order valence-electron chi connectivity index (χ4n) is 2.46. The van der Waals surface area contributed by atoms with Gasteiger partial charge in [-0.05, 0) is 19.1 Å². The van der Waals surface area contributed by atoms with Crippen molar-refractivity contribution >= 4 is 11.5 Å². The van der Waals surface area contributed by atoms with Crippen molar-refractivity contribution in [3.63, 3.8) is 0 Å². The molecule has 116 valence electrons. The Balaban J connectivity index is 1.89. The Bertz CT molecular complexity index is 743. The highest BCUT2D eigenvalue weighted by molar-refractivity contribution is 5.85. The van der Waals surface area contributed by atoms with Crippen LogP contribution in [0.15, 0.2) is 40.1 Å². The number of hydrogen-bond donors (Lipinski definition) is 3. The van der Waals surface area contributed by atoms with Crippen LogP contribution in [0.5, 0.6) is 0 Å². The van der Waals surface area contributed by atoms with E-state index >= 15 is 0 Å². The van der Waals surface area contributed by atoms with Crippen LogP contribution < -0.4 is 21.7 Å². The minimum atomic E-state index is -0.0944. The van der Waals surface area contributed by atoms with Crippen molar-refractivity contribution in [1.29, 1.82) is 0 Å². The minimum absolute atomic E-state index is 0.0944. The normalized spacial score (nSPS) is 14.5. The molecular formula is C15H20N6O. The average Bonchev–Trinajstić information content (AvgIpc) is 2.77. The Morgan fingerprint density at radius 1 is 1.23 bits per heavy atom. The SMILES string of the molecule is Cc1c(NNC2=NCCNC2)c(=O)n(-c2ccccc2)n1C. The quantitative estimate of drug-likeness (QED) is 0.717.